The molecule has 0 heterocycles. The van der Waals surface area contributed by atoms with Gasteiger partial charge in [-0.3, -0.25) is 0 Å². The second kappa shape index (κ2) is 8.37. The van der Waals surface area contributed by atoms with Crippen LogP contribution in [0.15, 0.2) is 24.3 Å². The maximum absolute atomic E-state index is 12.6. The smallest absolute Gasteiger partial charge is 0.123 e. The number of ether oxygens (including phenoxy) is 1. The third kappa shape index (κ3) is 6.54. The Hall–Kier alpha value is -0.740. The fourth-order valence-electron chi connectivity index (χ4n) is 1.38. The maximum Gasteiger partial charge on any atom is 0.123 e. The fourth-order valence-corrected chi connectivity index (χ4v) is 2.37. The van der Waals surface area contributed by atoms with Crippen molar-refractivity contribution in [2.24, 2.45) is 5.73 Å². The van der Waals surface area contributed by atoms with E-state index in [-0.39, 0.29) is 5.82 Å². The standard InChI is InChI=1S/C13H20FNOS/c1-11(7-8-15)17-10-2-9-16-13-5-3-12(14)4-6-13/h3-6,11H,2,7-10,15H2,1H3. The van der Waals surface area contributed by atoms with Gasteiger partial charge in [0.2, 0.25) is 0 Å². The summed E-state index contributed by atoms with van der Waals surface area (Å²) in [5, 5.41) is 0.617. The first-order valence-corrected chi connectivity index (χ1v) is 6.97. The van der Waals surface area contributed by atoms with Crippen LogP contribution in [0.4, 0.5) is 4.39 Å². The molecule has 1 aromatic carbocycles. The summed E-state index contributed by atoms with van der Waals surface area (Å²) in [6, 6.07) is 6.12. The molecule has 0 bridgehead atoms. The van der Waals surface area contributed by atoms with Crippen LogP contribution in [0.1, 0.15) is 19.8 Å². The van der Waals surface area contributed by atoms with Gasteiger partial charge in [-0.25, -0.2) is 4.39 Å². The van der Waals surface area contributed by atoms with Crippen molar-refractivity contribution in [3.8, 4) is 5.75 Å². The summed E-state index contributed by atoms with van der Waals surface area (Å²) < 4.78 is 18.1. The van der Waals surface area contributed by atoms with Gasteiger partial charge in [-0.1, -0.05) is 6.92 Å². The highest BCUT2D eigenvalue weighted by atomic mass is 32.2. The summed E-state index contributed by atoms with van der Waals surface area (Å²) >= 11 is 1.92. The Labute approximate surface area is 107 Å². The van der Waals surface area contributed by atoms with Crippen LogP contribution >= 0.6 is 11.8 Å². The van der Waals surface area contributed by atoms with E-state index in [1.807, 2.05) is 11.8 Å². The van der Waals surface area contributed by atoms with Crippen LogP contribution in [-0.4, -0.2) is 24.2 Å². The van der Waals surface area contributed by atoms with Gasteiger partial charge in [0.1, 0.15) is 11.6 Å². The molecule has 0 aliphatic carbocycles. The lowest BCUT2D eigenvalue weighted by atomic mass is 10.3. The molecule has 1 rings (SSSR count). The van der Waals surface area contributed by atoms with Gasteiger partial charge in [0.25, 0.3) is 0 Å². The van der Waals surface area contributed by atoms with Crippen molar-refractivity contribution in [3.05, 3.63) is 30.1 Å². The molecule has 0 saturated carbocycles. The van der Waals surface area contributed by atoms with Crippen LogP contribution < -0.4 is 10.5 Å². The number of hydrogen-bond donors (Lipinski definition) is 1. The van der Waals surface area contributed by atoms with Crippen LogP contribution in [0.5, 0.6) is 5.75 Å². The summed E-state index contributed by atoms with van der Waals surface area (Å²) in [6.45, 7) is 3.62. The van der Waals surface area contributed by atoms with Crippen LogP contribution in [-0.2, 0) is 0 Å². The highest BCUT2D eigenvalue weighted by Crippen LogP contribution is 2.15. The van der Waals surface area contributed by atoms with E-state index in [4.69, 9.17) is 10.5 Å². The summed E-state index contributed by atoms with van der Waals surface area (Å²) in [6.07, 6.45) is 2.06. The molecule has 0 fully saturated rings. The van der Waals surface area contributed by atoms with Crippen molar-refractivity contribution in [1.29, 1.82) is 0 Å². The molecule has 0 aliphatic rings. The van der Waals surface area contributed by atoms with Crippen LogP contribution in [0.2, 0.25) is 0 Å². The van der Waals surface area contributed by atoms with Crippen LogP contribution in [0.3, 0.4) is 0 Å². The monoisotopic (exact) mass is 257 g/mol. The minimum absolute atomic E-state index is 0.233. The first kappa shape index (κ1) is 14.3. The zero-order chi connectivity index (χ0) is 12.5. The average Bonchev–Trinajstić information content (AvgIpc) is 2.31. The number of rotatable bonds is 8. The van der Waals surface area contributed by atoms with E-state index in [0.29, 0.717) is 11.9 Å². The van der Waals surface area contributed by atoms with Crippen molar-refractivity contribution < 1.29 is 9.13 Å². The molecule has 96 valence electrons. The molecule has 17 heavy (non-hydrogen) atoms. The molecule has 0 amide bonds. The molecule has 1 aromatic rings. The van der Waals surface area contributed by atoms with Gasteiger partial charge in [-0.2, -0.15) is 11.8 Å². The Morgan fingerprint density at radius 3 is 2.71 bits per heavy atom. The highest BCUT2D eigenvalue weighted by Gasteiger charge is 2.00. The van der Waals surface area contributed by atoms with E-state index < -0.39 is 0 Å². The first-order chi connectivity index (χ1) is 8.22. The summed E-state index contributed by atoms with van der Waals surface area (Å²) in [5.41, 5.74) is 5.48. The molecule has 2 nitrogen and oxygen atoms in total. The van der Waals surface area contributed by atoms with Crippen molar-refractivity contribution in [2.75, 3.05) is 18.9 Å². The minimum Gasteiger partial charge on any atom is -0.494 e. The third-order valence-electron chi connectivity index (χ3n) is 2.35. The summed E-state index contributed by atoms with van der Waals surface area (Å²) in [4.78, 5) is 0. The molecule has 1 atom stereocenters. The topological polar surface area (TPSA) is 35.2 Å². The average molecular weight is 257 g/mol. The zero-order valence-corrected chi connectivity index (χ0v) is 11.0. The van der Waals surface area contributed by atoms with Gasteiger partial charge in [0.15, 0.2) is 0 Å². The fraction of sp³-hybridized carbons (Fsp3) is 0.538. The van der Waals surface area contributed by atoms with Gasteiger partial charge in [-0.15, -0.1) is 0 Å². The normalized spacial score (nSPS) is 12.4. The van der Waals surface area contributed by atoms with Gasteiger partial charge in [0, 0.05) is 5.25 Å². The Kier molecular flexibility index (Phi) is 7.05. The molecular formula is C13H20FNOS. The minimum atomic E-state index is -0.233. The highest BCUT2D eigenvalue weighted by molar-refractivity contribution is 7.99. The number of nitrogens with two attached hydrogens (primary N) is 1. The van der Waals surface area contributed by atoms with Gasteiger partial charge in [-0.05, 0) is 49.4 Å². The van der Waals surface area contributed by atoms with E-state index in [1.54, 1.807) is 12.1 Å². The lowest BCUT2D eigenvalue weighted by molar-refractivity contribution is 0.318. The van der Waals surface area contributed by atoms with E-state index in [2.05, 4.69) is 6.92 Å². The molecule has 0 aliphatic heterocycles. The predicted molar refractivity (Wildman–Crippen MR) is 72.1 cm³/mol. The molecular weight excluding hydrogens is 237 g/mol. The van der Waals surface area contributed by atoms with E-state index in [1.165, 1.54) is 12.1 Å². The Morgan fingerprint density at radius 1 is 1.35 bits per heavy atom. The number of halogens is 1. The summed E-state index contributed by atoms with van der Waals surface area (Å²) in [5.74, 6) is 1.57. The third-order valence-corrected chi connectivity index (χ3v) is 3.68. The molecule has 4 heteroatoms. The van der Waals surface area contributed by atoms with Crippen LogP contribution in [0.25, 0.3) is 0 Å². The van der Waals surface area contributed by atoms with Crippen LogP contribution in [0, 0.1) is 5.82 Å². The number of thioether (sulfide) groups is 1. The molecule has 0 aromatic heterocycles. The molecule has 2 N–H and O–H groups in total. The first-order valence-electron chi connectivity index (χ1n) is 5.92. The largest absolute Gasteiger partial charge is 0.494 e. The van der Waals surface area contributed by atoms with Crippen molar-refractivity contribution >= 4 is 11.8 Å². The quantitative estimate of drug-likeness (QED) is 0.727. The lowest BCUT2D eigenvalue weighted by Gasteiger charge is -2.10. The summed E-state index contributed by atoms with van der Waals surface area (Å²) in [7, 11) is 0. The Morgan fingerprint density at radius 2 is 2.06 bits per heavy atom. The van der Waals surface area contributed by atoms with Crippen molar-refractivity contribution in [3.63, 3.8) is 0 Å². The Balaban J connectivity index is 2.06. The maximum atomic E-state index is 12.6. The number of hydrogen-bond acceptors (Lipinski definition) is 3. The van der Waals surface area contributed by atoms with Crippen molar-refractivity contribution in [2.45, 2.75) is 25.0 Å². The molecule has 1 unspecified atom stereocenters. The zero-order valence-electron chi connectivity index (χ0n) is 10.2. The molecule has 0 saturated heterocycles. The predicted octanol–water partition coefficient (Wildman–Crippen LogP) is 3.07. The van der Waals surface area contributed by atoms with E-state index in [9.17, 15) is 4.39 Å². The van der Waals surface area contributed by atoms with Gasteiger partial charge in [0.05, 0.1) is 6.61 Å². The second-order valence-electron chi connectivity index (χ2n) is 3.91. The van der Waals surface area contributed by atoms with E-state index >= 15 is 0 Å². The van der Waals surface area contributed by atoms with Crippen molar-refractivity contribution in [1.82, 2.24) is 0 Å². The SMILES string of the molecule is CC(CCN)SCCCOc1ccc(F)cc1. The van der Waals surface area contributed by atoms with Gasteiger partial charge < -0.3 is 10.5 Å². The van der Waals surface area contributed by atoms with E-state index in [0.717, 1.165) is 30.9 Å². The Bertz CT molecular complexity index is 305. The number of benzene rings is 1. The van der Waals surface area contributed by atoms with Gasteiger partial charge >= 0.3 is 0 Å². The second-order valence-corrected chi connectivity index (χ2v) is 5.46. The molecule has 0 spiro atoms. The lowest BCUT2D eigenvalue weighted by Crippen LogP contribution is -2.08. The molecule has 0 radical (unpaired) electrons.